The second-order valence-corrected chi connectivity index (χ2v) is 2.71. The van der Waals surface area contributed by atoms with Gasteiger partial charge in [-0.1, -0.05) is 0 Å². The molecule has 0 N–H and O–H groups in total. The minimum Gasteiger partial charge on any atom is -0.230 e. The highest BCUT2D eigenvalue weighted by Gasteiger charge is 2.39. The predicted molar refractivity (Wildman–Crippen MR) is 36.8 cm³/mol. The Kier molecular flexibility index (Phi) is 2.62. The topological polar surface area (TPSA) is 25.8 Å². The molecule has 0 spiro atoms. The molecule has 1 heterocycles. The Morgan fingerprint density at radius 1 is 0.933 bits per heavy atom. The molecule has 0 saturated heterocycles. The molecule has 84 valence electrons. The smallest absolute Gasteiger partial charge is 0.230 e. The minimum absolute atomic E-state index is 0.385. The van der Waals surface area contributed by atoms with E-state index < -0.39 is 23.9 Å². The van der Waals surface area contributed by atoms with E-state index in [1.54, 1.807) is 0 Å². The van der Waals surface area contributed by atoms with Gasteiger partial charge in [0.1, 0.15) is 5.69 Å². The van der Waals surface area contributed by atoms with Crippen LogP contribution in [0.5, 0.6) is 0 Å². The zero-order chi connectivity index (χ0) is 11.9. The zero-order valence-electron chi connectivity index (χ0n) is 7.24. The van der Waals surface area contributed by atoms with Crippen LogP contribution in [0.15, 0.2) is 6.07 Å². The van der Waals surface area contributed by atoms with Crippen molar-refractivity contribution in [2.24, 2.45) is 0 Å². The van der Waals surface area contributed by atoms with Gasteiger partial charge in [0.2, 0.25) is 5.82 Å². The molecule has 0 aliphatic heterocycles. The third kappa shape index (κ3) is 2.80. The van der Waals surface area contributed by atoms with Gasteiger partial charge in [0, 0.05) is 5.69 Å². The van der Waals surface area contributed by atoms with Crippen molar-refractivity contribution in [2.45, 2.75) is 19.3 Å². The van der Waals surface area contributed by atoms with Gasteiger partial charge in [-0.3, -0.25) is 0 Å². The van der Waals surface area contributed by atoms with Crippen molar-refractivity contribution in [3.8, 4) is 0 Å². The summed E-state index contributed by atoms with van der Waals surface area (Å²) >= 11 is 0. The van der Waals surface area contributed by atoms with Gasteiger partial charge in [0.25, 0.3) is 0 Å². The van der Waals surface area contributed by atoms with Crippen molar-refractivity contribution < 1.29 is 26.3 Å². The number of rotatable bonds is 0. The average Bonchev–Trinajstić information content (AvgIpc) is 1.99. The van der Waals surface area contributed by atoms with E-state index in [1.165, 1.54) is 0 Å². The Labute approximate surface area is 80.0 Å². The molecule has 0 unspecified atom stereocenters. The second kappa shape index (κ2) is 3.35. The zero-order valence-corrected chi connectivity index (χ0v) is 7.24. The molecule has 0 aromatic carbocycles. The first-order chi connectivity index (χ1) is 6.60. The van der Waals surface area contributed by atoms with Gasteiger partial charge in [-0.2, -0.15) is 26.3 Å². The van der Waals surface area contributed by atoms with E-state index in [9.17, 15) is 26.3 Å². The lowest BCUT2D eigenvalue weighted by molar-refractivity contribution is -0.152. The monoisotopic (exact) mass is 230 g/mol. The Morgan fingerprint density at radius 3 is 1.87 bits per heavy atom. The van der Waals surface area contributed by atoms with Crippen molar-refractivity contribution in [2.75, 3.05) is 0 Å². The van der Waals surface area contributed by atoms with Crippen LogP contribution in [0.1, 0.15) is 17.2 Å². The SMILES string of the molecule is Cc1cc(C(F)(F)F)nc(C(F)(F)F)n1. The lowest BCUT2D eigenvalue weighted by Gasteiger charge is -2.10. The van der Waals surface area contributed by atoms with Crippen LogP contribution in [-0.2, 0) is 12.4 Å². The summed E-state index contributed by atoms with van der Waals surface area (Å²) < 4.78 is 72.4. The Hall–Kier alpha value is -1.34. The van der Waals surface area contributed by atoms with Crippen molar-refractivity contribution in [1.29, 1.82) is 0 Å². The third-order valence-corrected chi connectivity index (χ3v) is 1.40. The maximum absolute atomic E-state index is 12.1. The van der Waals surface area contributed by atoms with Crippen molar-refractivity contribution in [3.05, 3.63) is 23.3 Å². The maximum Gasteiger partial charge on any atom is 0.451 e. The quantitative estimate of drug-likeness (QED) is 0.640. The fourth-order valence-electron chi connectivity index (χ4n) is 0.841. The van der Waals surface area contributed by atoms with Gasteiger partial charge in [-0.05, 0) is 13.0 Å². The number of hydrogen-bond donors (Lipinski definition) is 0. The number of aromatic nitrogens is 2. The lowest BCUT2D eigenvalue weighted by Crippen LogP contribution is -2.17. The number of hydrogen-bond acceptors (Lipinski definition) is 2. The van der Waals surface area contributed by atoms with Crippen LogP contribution in [0.25, 0.3) is 0 Å². The summed E-state index contributed by atoms with van der Waals surface area (Å²) in [5.74, 6) is -1.78. The summed E-state index contributed by atoms with van der Waals surface area (Å²) in [4.78, 5) is 5.30. The van der Waals surface area contributed by atoms with E-state index in [-0.39, 0.29) is 5.69 Å². The number of nitrogens with zero attached hydrogens (tertiary/aromatic N) is 2. The van der Waals surface area contributed by atoms with Crippen LogP contribution in [-0.4, -0.2) is 9.97 Å². The molecule has 1 aromatic heterocycles. The van der Waals surface area contributed by atoms with Gasteiger partial charge in [0.05, 0.1) is 0 Å². The molecule has 0 aliphatic rings. The molecule has 1 aromatic rings. The number of halogens is 6. The third-order valence-electron chi connectivity index (χ3n) is 1.40. The summed E-state index contributed by atoms with van der Waals surface area (Å²) in [5, 5.41) is 0. The van der Waals surface area contributed by atoms with Gasteiger partial charge in [-0.15, -0.1) is 0 Å². The van der Waals surface area contributed by atoms with Crippen LogP contribution in [0.3, 0.4) is 0 Å². The minimum atomic E-state index is -4.98. The Bertz CT molecular complexity index is 334. The van der Waals surface area contributed by atoms with Gasteiger partial charge >= 0.3 is 12.4 Å². The normalized spacial score (nSPS) is 13.0. The largest absolute Gasteiger partial charge is 0.451 e. The fraction of sp³-hybridized carbons (Fsp3) is 0.429. The molecular formula is C7H4F6N2. The lowest BCUT2D eigenvalue weighted by atomic mass is 10.3. The van der Waals surface area contributed by atoms with Gasteiger partial charge in [-0.25, -0.2) is 9.97 Å². The summed E-state index contributed by atoms with van der Waals surface area (Å²) in [6.45, 7) is 1.03. The van der Waals surface area contributed by atoms with E-state index in [0.29, 0.717) is 6.07 Å². The van der Waals surface area contributed by atoms with E-state index in [4.69, 9.17) is 0 Å². The Balaban J connectivity index is 3.30. The maximum atomic E-state index is 12.1. The van der Waals surface area contributed by atoms with Crippen LogP contribution >= 0.6 is 0 Å². The molecule has 0 fully saturated rings. The molecule has 0 atom stereocenters. The van der Waals surface area contributed by atoms with Crippen LogP contribution < -0.4 is 0 Å². The number of alkyl halides is 6. The summed E-state index contributed by atoms with van der Waals surface area (Å²) in [6.07, 6.45) is -9.89. The molecule has 0 aliphatic carbocycles. The first-order valence-electron chi connectivity index (χ1n) is 3.61. The van der Waals surface area contributed by atoms with E-state index in [0.717, 1.165) is 6.92 Å². The predicted octanol–water partition coefficient (Wildman–Crippen LogP) is 2.82. The summed E-state index contributed by atoms with van der Waals surface area (Å²) in [5.41, 5.74) is -1.98. The van der Waals surface area contributed by atoms with E-state index in [1.807, 2.05) is 0 Å². The van der Waals surface area contributed by atoms with Crippen LogP contribution in [0, 0.1) is 6.92 Å². The van der Waals surface area contributed by atoms with Crippen LogP contribution in [0.2, 0.25) is 0 Å². The second-order valence-electron chi connectivity index (χ2n) is 2.71. The van der Waals surface area contributed by atoms with Crippen molar-refractivity contribution in [1.82, 2.24) is 9.97 Å². The molecule has 0 saturated carbocycles. The van der Waals surface area contributed by atoms with Crippen LogP contribution in [0.4, 0.5) is 26.3 Å². The fourth-order valence-corrected chi connectivity index (χ4v) is 0.841. The Morgan fingerprint density at radius 2 is 1.47 bits per heavy atom. The van der Waals surface area contributed by atoms with E-state index in [2.05, 4.69) is 9.97 Å². The first kappa shape index (κ1) is 11.7. The van der Waals surface area contributed by atoms with E-state index >= 15 is 0 Å². The first-order valence-corrected chi connectivity index (χ1v) is 3.61. The molecular weight excluding hydrogens is 226 g/mol. The average molecular weight is 230 g/mol. The summed E-state index contributed by atoms with van der Waals surface area (Å²) in [6, 6.07) is 0.454. The number of aryl methyl sites for hydroxylation is 1. The summed E-state index contributed by atoms with van der Waals surface area (Å²) in [7, 11) is 0. The highest BCUT2D eigenvalue weighted by molar-refractivity contribution is 5.14. The van der Waals surface area contributed by atoms with Crippen molar-refractivity contribution in [3.63, 3.8) is 0 Å². The molecule has 8 heteroatoms. The molecule has 0 radical (unpaired) electrons. The standard InChI is InChI=1S/C7H4F6N2/c1-3-2-4(6(8,9)10)15-5(14-3)7(11,12)13/h2H,1H3. The molecule has 1 rings (SSSR count). The van der Waals surface area contributed by atoms with Gasteiger partial charge in [0.15, 0.2) is 0 Å². The molecule has 15 heavy (non-hydrogen) atoms. The highest BCUT2D eigenvalue weighted by atomic mass is 19.4. The molecule has 0 bridgehead atoms. The van der Waals surface area contributed by atoms with Crippen molar-refractivity contribution >= 4 is 0 Å². The molecule has 2 nitrogen and oxygen atoms in total. The highest BCUT2D eigenvalue weighted by Crippen LogP contribution is 2.31. The van der Waals surface area contributed by atoms with Gasteiger partial charge < -0.3 is 0 Å². The molecule has 0 amide bonds.